The van der Waals surface area contributed by atoms with Gasteiger partial charge in [0.25, 0.3) is 0 Å². The van der Waals surface area contributed by atoms with Gasteiger partial charge in [-0.3, -0.25) is 0 Å². The van der Waals surface area contributed by atoms with Gasteiger partial charge in [-0.25, -0.2) is 0 Å². The SMILES string of the molecule is Cc1ccc(C#C/C(=C/C(CC[Se]c2ccccc2)=C(c2ccccc2)c2ccccc2)c2ccc(C)cc2)cc1. The summed E-state index contributed by atoms with van der Waals surface area (Å²) in [5.74, 6) is 7.02. The van der Waals surface area contributed by atoms with Crippen LogP contribution >= 0.6 is 0 Å². The van der Waals surface area contributed by atoms with Crippen LogP contribution in [0.5, 0.6) is 0 Å². The van der Waals surface area contributed by atoms with Crippen LogP contribution in [-0.4, -0.2) is 15.0 Å². The fraction of sp³-hybridized carbons (Fsp3) is 0.100. The summed E-state index contributed by atoms with van der Waals surface area (Å²) in [6, 6.07) is 49.7. The summed E-state index contributed by atoms with van der Waals surface area (Å²) in [5.41, 5.74) is 10.7. The number of rotatable bonds is 8. The van der Waals surface area contributed by atoms with Crippen molar-refractivity contribution in [2.24, 2.45) is 0 Å². The van der Waals surface area contributed by atoms with Gasteiger partial charge in [0.1, 0.15) is 0 Å². The van der Waals surface area contributed by atoms with E-state index in [4.69, 9.17) is 0 Å². The molecule has 0 atom stereocenters. The van der Waals surface area contributed by atoms with Crippen LogP contribution in [0.25, 0.3) is 11.1 Å². The molecule has 0 spiro atoms. The molecule has 0 bridgehead atoms. The Hall–Kier alpha value is -4.34. The number of hydrogen-bond acceptors (Lipinski definition) is 0. The van der Waals surface area contributed by atoms with E-state index in [1.165, 1.54) is 37.9 Å². The molecule has 0 fully saturated rings. The van der Waals surface area contributed by atoms with Gasteiger partial charge >= 0.3 is 253 Å². The number of aryl methyl sites for hydroxylation is 2. The van der Waals surface area contributed by atoms with Crippen LogP contribution in [0.15, 0.2) is 151 Å². The molecule has 5 aromatic rings. The van der Waals surface area contributed by atoms with Gasteiger partial charge in [-0.15, -0.1) is 0 Å². The first-order valence-electron chi connectivity index (χ1n) is 14.0. The molecule has 0 saturated carbocycles. The maximum atomic E-state index is 3.57. The molecule has 0 N–H and O–H groups in total. The van der Waals surface area contributed by atoms with Gasteiger partial charge in [0, 0.05) is 0 Å². The van der Waals surface area contributed by atoms with Gasteiger partial charge in [0.2, 0.25) is 0 Å². The topological polar surface area (TPSA) is 0 Å². The first-order valence-corrected chi connectivity index (χ1v) is 16.1. The second-order valence-corrected chi connectivity index (χ2v) is 12.5. The fourth-order valence-corrected chi connectivity index (χ4v) is 6.59. The molecule has 41 heavy (non-hydrogen) atoms. The minimum absolute atomic E-state index is 0.385. The first-order chi connectivity index (χ1) is 20.2. The standard InChI is InChI=1S/C40H34Se/c1-31-18-22-33(23-19-31)24-27-37(34-25-20-32(2)21-26-34)30-38(28-29-41-39-16-10-5-11-17-39)40(35-12-6-3-7-13-35)36-14-8-4-9-15-36/h3-23,25-26,30H,28-29H2,1-2H3/b37-30-. The molecular weight excluding hydrogens is 559 g/mol. The van der Waals surface area contributed by atoms with Crippen molar-refractivity contribution in [1.29, 1.82) is 0 Å². The Labute approximate surface area is 251 Å². The van der Waals surface area contributed by atoms with Crippen molar-refractivity contribution in [3.8, 4) is 11.8 Å². The van der Waals surface area contributed by atoms with E-state index in [9.17, 15) is 0 Å². The van der Waals surface area contributed by atoms with E-state index in [0.29, 0.717) is 15.0 Å². The van der Waals surface area contributed by atoms with Gasteiger partial charge in [0.05, 0.1) is 0 Å². The van der Waals surface area contributed by atoms with Crippen molar-refractivity contribution in [2.45, 2.75) is 25.6 Å². The zero-order valence-electron chi connectivity index (χ0n) is 23.7. The van der Waals surface area contributed by atoms with Gasteiger partial charge in [-0.2, -0.15) is 0 Å². The number of allylic oxidation sites excluding steroid dienone is 3. The van der Waals surface area contributed by atoms with E-state index in [0.717, 1.165) is 28.4 Å². The van der Waals surface area contributed by atoms with Crippen molar-refractivity contribution in [3.05, 3.63) is 185 Å². The third kappa shape index (κ3) is 8.09. The van der Waals surface area contributed by atoms with Crippen LogP contribution in [0.3, 0.4) is 0 Å². The van der Waals surface area contributed by atoms with E-state index in [2.05, 4.69) is 171 Å². The molecule has 0 amide bonds. The van der Waals surface area contributed by atoms with Crippen molar-refractivity contribution in [3.63, 3.8) is 0 Å². The molecule has 200 valence electrons. The molecule has 0 unspecified atom stereocenters. The van der Waals surface area contributed by atoms with E-state index in [-0.39, 0.29) is 0 Å². The van der Waals surface area contributed by atoms with Gasteiger partial charge in [0.15, 0.2) is 0 Å². The molecule has 0 aromatic heterocycles. The Balaban J connectivity index is 1.67. The van der Waals surface area contributed by atoms with Crippen molar-refractivity contribution in [1.82, 2.24) is 0 Å². The second kappa shape index (κ2) is 14.3. The van der Waals surface area contributed by atoms with E-state index in [1.54, 1.807) is 0 Å². The normalized spacial score (nSPS) is 10.9. The minimum atomic E-state index is 0.385. The monoisotopic (exact) mass is 594 g/mol. The van der Waals surface area contributed by atoms with E-state index >= 15 is 0 Å². The zero-order chi connectivity index (χ0) is 28.3. The molecule has 0 aliphatic carbocycles. The van der Waals surface area contributed by atoms with Crippen molar-refractivity contribution in [2.75, 3.05) is 0 Å². The molecule has 0 saturated heterocycles. The molecule has 0 radical (unpaired) electrons. The second-order valence-electron chi connectivity index (χ2n) is 10.1. The summed E-state index contributed by atoms with van der Waals surface area (Å²) in [6.07, 6.45) is 3.32. The zero-order valence-corrected chi connectivity index (χ0v) is 25.4. The summed E-state index contributed by atoms with van der Waals surface area (Å²) < 4.78 is 1.43. The quantitative estimate of drug-likeness (QED) is 0.0957. The molecule has 0 nitrogen and oxygen atoms in total. The Morgan fingerprint density at radius 3 is 1.66 bits per heavy atom. The molecule has 5 aromatic carbocycles. The third-order valence-electron chi connectivity index (χ3n) is 6.90. The average molecular weight is 594 g/mol. The van der Waals surface area contributed by atoms with E-state index < -0.39 is 0 Å². The summed E-state index contributed by atoms with van der Waals surface area (Å²) in [7, 11) is 0. The molecule has 0 aliphatic rings. The molecule has 5 rings (SSSR count). The predicted molar refractivity (Wildman–Crippen MR) is 177 cm³/mol. The maximum absolute atomic E-state index is 3.57. The van der Waals surface area contributed by atoms with Crippen LogP contribution in [0, 0.1) is 25.7 Å². The summed E-state index contributed by atoms with van der Waals surface area (Å²) in [4.78, 5) is 0. The summed E-state index contributed by atoms with van der Waals surface area (Å²) in [6.45, 7) is 4.24. The Morgan fingerprint density at radius 2 is 1.10 bits per heavy atom. The number of hydrogen-bond donors (Lipinski definition) is 0. The van der Waals surface area contributed by atoms with E-state index in [1.807, 2.05) is 0 Å². The summed E-state index contributed by atoms with van der Waals surface area (Å²) >= 11 is 0.385. The van der Waals surface area contributed by atoms with Crippen LogP contribution < -0.4 is 4.46 Å². The van der Waals surface area contributed by atoms with Gasteiger partial charge < -0.3 is 0 Å². The molecule has 1 heteroatoms. The van der Waals surface area contributed by atoms with Gasteiger partial charge in [-0.05, 0) is 0 Å². The van der Waals surface area contributed by atoms with Crippen molar-refractivity contribution < 1.29 is 0 Å². The van der Waals surface area contributed by atoms with Crippen LogP contribution in [0.1, 0.15) is 39.8 Å². The predicted octanol–water partition coefficient (Wildman–Crippen LogP) is 9.08. The molecule has 0 heterocycles. The number of benzene rings is 5. The Bertz CT molecular complexity index is 1620. The third-order valence-corrected chi connectivity index (χ3v) is 9.03. The molecular formula is C40H34Se. The van der Waals surface area contributed by atoms with Crippen LogP contribution in [0.2, 0.25) is 5.32 Å². The fourth-order valence-electron chi connectivity index (χ4n) is 4.69. The van der Waals surface area contributed by atoms with Crippen molar-refractivity contribution >= 4 is 30.6 Å². The summed E-state index contributed by atoms with van der Waals surface area (Å²) in [5, 5.41) is 1.11. The first kappa shape index (κ1) is 28.2. The Kier molecular flexibility index (Phi) is 9.86. The average Bonchev–Trinajstić information content (AvgIpc) is 3.02. The van der Waals surface area contributed by atoms with Gasteiger partial charge in [-0.1, -0.05) is 0 Å². The van der Waals surface area contributed by atoms with Crippen LogP contribution in [-0.2, 0) is 0 Å². The molecule has 0 aliphatic heterocycles. The Morgan fingerprint density at radius 1 is 0.585 bits per heavy atom. The van der Waals surface area contributed by atoms with Crippen LogP contribution in [0.4, 0.5) is 0 Å².